The Morgan fingerprint density at radius 3 is 2.96 bits per heavy atom. The van der Waals surface area contributed by atoms with Crippen LogP contribution in [0.4, 0.5) is 0 Å². The van der Waals surface area contributed by atoms with Gasteiger partial charge in [-0.3, -0.25) is 9.88 Å². The molecule has 4 heteroatoms. The van der Waals surface area contributed by atoms with Crippen molar-refractivity contribution in [1.29, 1.82) is 0 Å². The van der Waals surface area contributed by atoms with E-state index >= 15 is 0 Å². The van der Waals surface area contributed by atoms with Crippen LogP contribution in [0.25, 0.3) is 0 Å². The van der Waals surface area contributed by atoms with Gasteiger partial charge in [-0.25, -0.2) is 0 Å². The molecule has 130 valence electrons. The smallest absolute Gasteiger partial charge is 0.0538 e. The second-order valence-electron chi connectivity index (χ2n) is 7.26. The summed E-state index contributed by atoms with van der Waals surface area (Å²) in [4.78, 5) is 8.30. The minimum absolute atomic E-state index is 0.288. The molecule has 0 N–H and O–H groups in total. The predicted molar refractivity (Wildman–Crippen MR) is 100 cm³/mol. The van der Waals surface area contributed by atoms with Crippen molar-refractivity contribution in [1.82, 2.24) is 9.88 Å². The van der Waals surface area contributed by atoms with Crippen LogP contribution in [-0.2, 0) is 17.7 Å². The molecule has 3 rings (SSSR count). The number of likely N-dealkylation sites (tertiary alicyclic amines) is 1. The van der Waals surface area contributed by atoms with Gasteiger partial charge in [-0.15, -0.1) is 11.3 Å². The highest BCUT2D eigenvalue weighted by molar-refractivity contribution is 7.09. The lowest BCUT2D eigenvalue weighted by Crippen LogP contribution is -2.33. The maximum Gasteiger partial charge on any atom is 0.0538 e. The lowest BCUT2D eigenvalue weighted by molar-refractivity contribution is 0.00638. The molecular formula is C20H28N2OS. The highest BCUT2D eigenvalue weighted by Crippen LogP contribution is 2.37. The number of ether oxygens (including phenoxy) is 1. The van der Waals surface area contributed by atoms with Gasteiger partial charge < -0.3 is 4.74 Å². The van der Waals surface area contributed by atoms with Crippen molar-refractivity contribution in [2.75, 3.05) is 19.7 Å². The third kappa shape index (κ3) is 4.88. The Kier molecular flexibility index (Phi) is 6.04. The molecule has 0 radical (unpaired) electrons. The van der Waals surface area contributed by atoms with Gasteiger partial charge >= 0.3 is 0 Å². The molecule has 2 aromatic rings. The summed E-state index contributed by atoms with van der Waals surface area (Å²) in [5.41, 5.74) is 1.59. The van der Waals surface area contributed by atoms with E-state index in [-0.39, 0.29) is 5.41 Å². The molecular weight excluding hydrogens is 316 g/mol. The van der Waals surface area contributed by atoms with Crippen LogP contribution < -0.4 is 0 Å². The van der Waals surface area contributed by atoms with Crippen LogP contribution in [0.5, 0.6) is 0 Å². The third-order valence-electron chi connectivity index (χ3n) is 4.85. The highest BCUT2D eigenvalue weighted by atomic mass is 32.1. The zero-order valence-electron chi connectivity index (χ0n) is 14.8. The van der Waals surface area contributed by atoms with Crippen molar-refractivity contribution in [3.8, 4) is 0 Å². The summed E-state index contributed by atoms with van der Waals surface area (Å²) >= 11 is 1.87. The van der Waals surface area contributed by atoms with E-state index in [4.69, 9.17) is 4.74 Å². The number of aryl methyl sites for hydroxylation is 1. The Hall–Kier alpha value is -1.23. The first kappa shape index (κ1) is 17.6. The molecule has 1 fully saturated rings. The van der Waals surface area contributed by atoms with Gasteiger partial charge in [-0.1, -0.05) is 12.1 Å². The van der Waals surface area contributed by atoms with E-state index in [2.05, 4.69) is 47.3 Å². The Labute approximate surface area is 149 Å². The van der Waals surface area contributed by atoms with Crippen LogP contribution in [0.15, 0.2) is 42.0 Å². The molecule has 3 heterocycles. The van der Waals surface area contributed by atoms with Gasteiger partial charge in [0.25, 0.3) is 0 Å². The lowest BCUT2D eigenvalue weighted by Gasteiger charge is -2.30. The molecule has 0 aliphatic carbocycles. The first-order chi connectivity index (χ1) is 11.7. The summed E-state index contributed by atoms with van der Waals surface area (Å²) in [5, 5.41) is 2.18. The van der Waals surface area contributed by atoms with E-state index in [0.29, 0.717) is 6.10 Å². The molecule has 24 heavy (non-hydrogen) atoms. The van der Waals surface area contributed by atoms with Crippen LogP contribution in [0.3, 0.4) is 0 Å². The highest BCUT2D eigenvalue weighted by Gasteiger charge is 2.38. The van der Waals surface area contributed by atoms with Crippen LogP contribution in [0, 0.1) is 5.41 Å². The standard InChI is InChI=1S/C20H28N2OS/c1-17(2)23-16-20(8-7-19-6-4-12-24-19)9-11-22(15-20)14-18-5-3-10-21-13-18/h3-6,10,12-13,17H,7-9,11,14-16H2,1-2H3/t20-/m1/s1. The number of nitrogens with zero attached hydrogens (tertiary/aromatic N) is 2. The molecule has 0 amide bonds. The molecule has 1 saturated heterocycles. The number of rotatable bonds is 8. The minimum atomic E-state index is 0.288. The van der Waals surface area contributed by atoms with Crippen molar-refractivity contribution < 1.29 is 4.74 Å². The summed E-state index contributed by atoms with van der Waals surface area (Å²) in [6.07, 6.45) is 7.73. The fourth-order valence-corrected chi connectivity index (χ4v) is 4.20. The molecule has 0 bridgehead atoms. The van der Waals surface area contributed by atoms with Crippen molar-refractivity contribution in [3.63, 3.8) is 0 Å². The molecule has 0 aromatic carbocycles. The molecule has 1 atom stereocenters. The summed E-state index contributed by atoms with van der Waals surface area (Å²) in [5.74, 6) is 0. The van der Waals surface area contributed by atoms with Crippen LogP contribution in [-0.4, -0.2) is 35.7 Å². The first-order valence-electron chi connectivity index (χ1n) is 8.90. The zero-order valence-corrected chi connectivity index (χ0v) is 15.6. The van der Waals surface area contributed by atoms with Gasteiger partial charge in [-0.05, 0) is 62.7 Å². The summed E-state index contributed by atoms with van der Waals surface area (Å²) in [6, 6.07) is 8.60. The molecule has 3 nitrogen and oxygen atoms in total. The first-order valence-corrected chi connectivity index (χ1v) is 9.78. The Morgan fingerprint density at radius 1 is 1.33 bits per heavy atom. The van der Waals surface area contributed by atoms with E-state index in [1.54, 1.807) is 0 Å². The number of hydrogen-bond donors (Lipinski definition) is 0. The van der Waals surface area contributed by atoms with Crippen molar-refractivity contribution >= 4 is 11.3 Å². The number of thiophene rings is 1. The third-order valence-corrected chi connectivity index (χ3v) is 5.79. The minimum Gasteiger partial charge on any atom is -0.378 e. The monoisotopic (exact) mass is 344 g/mol. The average Bonchev–Trinajstić information content (AvgIpc) is 3.23. The van der Waals surface area contributed by atoms with Gasteiger partial charge in [0.2, 0.25) is 0 Å². The number of pyridine rings is 1. The summed E-state index contributed by atoms with van der Waals surface area (Å²) in [7, 11) is 0. The molecule has 2 aromatic heterocycles. The Bertz CT molecular complexity index is 599. The SMILES string of the molecule is CC(C)OC[C@]1(CCc2cccs2)CCN(Cc2cccnc2)C1. The normalized spacial score (nSPS) is 21.6. The van der Waals surface area contributed by atoms with Crippen LogP contribution >= 0.6 is 11.3 Å². The van der Waals surface area contributed by atoms with E-state index in [1.807, 2.05) is 29.8 Å². The van der Waals surface area contributed by atoms with E-state index in [0.717, 1.165) is 26.2 Å². The molecule has 0 saturated carbocycles. The Balaban J connectivity index is 1.62. The van der Waals surface area contributed by atoms with E-state index < -0.39 is 0 Å². The second kappa shape index (κ2) is 8.24. The fourth-order valence-electron chi connectivity index (χ4n) is 3.49. The van der Waals surface area contributed by atoms with Gasteiger partial charge in [0, 0.05) is 35.8 Å². The van der Waals surface area contributed by atoms with Crippen molar-refractivity contribution in [3.05, 3.63) is 52.5 Å². The fraction of sp³-hybridized carbons (Fsp3) is 0.550. The number of hydrogen-bond acceptors (Lipinski definition) is 4. The quantitative estimate of drug-likeness (QED) is 0.710. The van der Waals surface area contributed by atoms with E-state index in [1.165, 1.54) is 29.7 Å². The maximum atomic E-state index is 6.06. The van der Waals surface area contributed by atoms with E-state index in [9.17, 15) is 0 Å². The average molecular weight is 345 g/mol. The van der Waals surface area contributed by atoms with Crippen molar-refractivity contribution in [2.45, 2.75) is 45.8 Å². The Morgan fingerprint density at radius 2 is 2.25 bits per heavy atom. The summed E-state index contributed by atoms with van der Waals surface area (Å²) in [6.45, 7) is 8.42. The van der Waals surface area contributed by atoms with Crippen LogP contribution in [0.2, 0.25) is 0 Å². The van der Waals surface area contributed by atoms with Crippen LogP contribution in [0.1, 0.15) is 37.1 Å². The zero-order chi connectivity index (χ0) is 16.8. The second-order valence-corrected chi connectivity index (χ2v) is 8.29. The summed E-state index contributed by atoms with van der Waals surface area (Å²) < 4.78 is 6.06. The predicted octanol–water partition coefficient (Wildman–Crippen LogP) is 4.39. The van der Waals surface area contributed by atoms with Gasteiger partial charge in [0.15, 0.2) is 0 Å². The van der Waals surface area contributed by atoms with Crippen molar-refractivity contribution in [2.24, 2.45) is 5.41 Å². The molecule has 1 aliphatic rings. The molecule has 1 aliphatic heterocycles. The van der Waals surface area contributed by atoms with Gasteiger partial charge in [-0.2, -0.15) is 0 Å². The maximum absolute atomic E-state index is 6.06. The molecule has 0 spiro atoms. The largest absolute Gasteiger partial charge is 0.378 e. The topological polar surface area (TPSA) is 25.4 Å². The number of aromatic nitrogens is 1. The molecule has 0 unspecified atom stereocenters. The van der Waals surface area contributed by atoms with Gasteiger partial charge in [0.1, 0.15) is 0 Å². The lowest BCUT2D eigenvalue weighted by atomic mass is 9.83. The van der Waals surface area contributed by atoms with Gasteiger partial charge in [0.05, 0.1) is 12.7 Å².